The first-order chi connectivity index (χ1) is 8.04. The number of esters is 1. The lowest BCUT2D eigenvalue weighted by Crippen LogP contribution is -2.08. The molecule has 0 aliphatic carbocycles. The molecule has 3 nitrogen and oxygen atoms in total. The van der Waals surface area contributed by atoms with Crippen molar-refractivity contribution in [2.24, 2.45) is 0 Å². The van der Waals surface area contributed by atoms with E-state index in [0.717, 1.165) is 23.9 Å². The fourth-order valence-corrected chi connectivity index (χ4v) is 1.78. The van der Waals surface area contributed by atoms with Gasteiger partial charge in [-0.1, -0.05) is 0 Å². The standard InChI is InChI=1S/C11H10F2O3S/c1-16-11(15)6-17-5-10(14)7-2-3-8(12)9(13)4-7/h2-4H,5-6H2,1H3. The number of ketones is 1. The summed E-state index contributed by atoms with van der Waals surface area (Å²) in [5.74, 6) is -2.80. The Balaban J connectivity index is 2.52. The summed E-state index contributed by atoms with van der Waals surface area (Å²) in [5.41, 5.74) is 0.0845. The van der Waals surface area contributed by atoms with Crippen LogP contribution in [0.25, 0.3) is 0 Å². The third-order valence-electron chi connectivity index (χ3n) is 1.92. The fourth-order valence-electron chi connectivity index (χ4n) is 1.04. The summed E-state index contributed by atoms with van der Waals surface area (Å²) in [6.07, 6.45) is 0. The summed E-state index contributed by atoms with van der Waals surface area (Å²) in [4.78, 5) is 22.3. The molecule has 0 amide bonds. The van der Waals surface area contributed by atoms with E-state index in [-0.39, 0.29) is 22.9 Å². The lowest BCUT2D eigenvalue weighted by Gasteiger charge is -2.01. The highest BCUT2D eigenvalue weighted by Gasteiger charge is 2.10. The van der Waals surface area contributed by atoms with Crippen molar-refractivity contribution in [3.63, 3.8) is 0 Å². The highest BCUT2D eigenvalue weighted by Crippen LogP contribution is 2.12. The number of ether oxygens (including phenoxy) is 1. The molecule has 0 saturated heterocycles. The smallest absolute Gasteiger partial charge is 0.315 e. The first-order valence-electron chi connectivity index (χ1n) is 4.67. The molecule has 0 bridgehead atoms. The van der Waals surface area contributed by atoms with Gasteiger partial charge >= 0.3 is 5.97 Å². The second kappa shape index (κ2) is 6.34. The zero-order chi connectivity index (χ0) is 12.8. The first-order valence-corrected chi connectivity index (χ1v) is 5.83. The number of methoxy groups -OCH3 is 1. The Hall–Kier alpha value is -1.43. The molecule has 0 N–H and O–H groups in total. The van der Waals surface area contributed by atoms with Crippen LogP contribution >= 0.6 is 11.8 Å². The zero-order valence-electron chi connectivity index (χ0n) is 9.04. The van der Waals surface area contributed by atoms with Gasteiger partial charge in [-0.15, -0.1) is 11.8 Å². The summed E-state index contributed by atoms with van der Waals surface area (Å²) in [7, 11) is 1.25. The van der Waals surface area contributed by atoms with Crippen LogP contribution in [0, 0.1) is 11.6 Å². The summed E-state index contributed by atoms with van der Waals surface area (Å²) in [6, 6.07) is 2.95. The third-order valence-corrected chi connectivity index (χ3v) is 2.83. The van der Waals surface area contributed by atoms with E-state index in [1.807, 2.05) is 0 Å². The summed E-state index contributed by atoms with van der Waals surface area (Å²) >= 11 is 1.06. The van der Waals surface area contributed by atoms with Gasteiger partial charge in [0.15, 0.2) is 17.4 Å². The lowest BCUT2D eigenvalue weighted by atomic mass is 10.1. The number of halogens is 2. The lowest BCUT2D eigenvalue weighted by molar-refractivity contribution is -0.137. The van der Waals surface area contributed by atoms with Crippen molar-refractivity contribution in [1.82, 2.24) is 0 Å². The maximum Gasteiger partial charge on any atom is 0.315 e. The van der Waals surface area contributed by atoms with Gasteiger partial charge in [-0.05, 0) is 18.2 Å². The van der Waals surface area contributed by atoms with E-state index in [2.05, 4.69) is 4.74 Å². The second-order valence-electron chi connectivity index (χ2n) is 3.12. The predicted molar refractivity (Wildman–Crippen MR) is 60.0 cm³/mol. The van der Waals surface area contributed by atoms with Gasteiger partial charge in [0.1, 0.15) is 0 Å². The highest BCUT2D eigenvalue weighted by atomic mass is 32.2. The van der Waals surface area contributed by atoms with Crippen LogP contribution in [-0.4, -0.2) is 30.4 Å². The number of thioether (sulfide) groups is 1. The zero-order valence-corrected chi connectivity index (χ0v) is 9.85. The number of hydrogen-bond acceptors (Lipinski definition) is 4. The number of rotatable bonds is 5. The minimum atomic E-state index is -1.06. The van der Waals surface area contributed by atoms with Gasteiger partial charge in [-0.2, -0.15) is 0 Å². The molecule has 17 heavy (non-hydrogen) atoms. The molecule has 1 aromatic rings. The largest absolute Gasteiger partial charge is 0.468 e. The molecule has 0 heterocycles. The molecule has 0 aliphatic rings. The summed E-state index contributed by atoms with van der Waals surface area (Å²) in [5, 5.41) is 0. The van der Waals surface area contributed by atoms with Crippen LogP contribution in [0.5, 0.6) is 0 Å². The molecule has 1 aromatic carbocycles. The van der Waals surface area contributed by atoms with Crippen LogP contribution in [-0.2, 0) is 9.53 Å². The van der Waals surface area contributed by atoms with E-state index in [9.17, 15) is 18.4 Å². The average Bonchev–Trinajstić information content (AvgIpc) is 2.32. The van der Waals surface area contributed by atoms with Crippen LogP contribution in [0.1, 0.15) is 10.4 Å². The maximum absolute atomic E-state index is 12.8. The molecule has 0 spiro atoms. The SMILES string of the molecule is COC(=O)CSCC(=O)c1ccc(F)c(F)c1. The van der Waals surface area contributed by atoms with Crippen molar-refractivity contribution >= 4 is 23.5 Å². The van der Waals surface area contributed by atoms with Crippen molar-refractivity contribution in [1.29, 1.82) is 0 Å². The van der Waals surface area contributed by atoms with E-state index in [1.165, 1.54) is 13.2 Å². The Labute approximate surface area is 101 Å². The van der Waals surface area contributed by atoms with Gasteiger partial charge in [-0.3, -0.25) is 9.59 Å². The molecule has 1 rings (SSSR count). The second-order valence-corrected chi connectivity index (χ2v) is 4.11. The van der Waals surface area contributed by atoms with Crippen LogP contribution in [0.15, 0.2) is 18.2 Å². The number of carbonyl (C=O) groups is 2. The van der Waals surface area contributed by atoms with Gasteiger partial charge in [0.25, 0.3) is 0 Å². The maximum atomic E-state index is 12.8. The van der Waals surface area contributed by atoms with E-state index in [4.69, 9.17) is 0 Å². The number of carbonyl (C=O) groups excluding carboxylic acids is 2. The third kappa shape index (κ3) is 4.14. The van der Waals surface area contributed by atoms with E-state index < -0.39 is 17.6 Å². The van der Waals surface area contributed by atoms with Gasteiger partial charge in [0.2, 0.25) is 0 Å². The minimum Gasteiger partial charge on any atom is -0.468 e. The minimum absolute atomic E-state index is 0.0141. The van der Waals surface area contributed by atoms with E-state index in [1.54, 1.807) is 0 Å². The molecular weight excluding hydrogens is 250 g/mol. The number of hydrogen-bond donors (Lipinski definition) is 0. The van der Waals surface area contributed by atoms with Gasteiger partial charge in [-0.25, -0.2) is 8.78 Å². The molecule has 92 valence electrons. The number of benzene rings is 1. The van der Waals surface area contributed by atoms with Crippen LogP contribution in [0.4, 0.5) is 8.78 Å². The van der Waals surface area contributed by atoms with Crippen molar-refractivity contribution in [3.05, 3.63) is 35.4 Å². The van der Waals surface area contributed by atoms with Crippen molar-refractivity contribution in [2.75, 3.05) is 18.6 Å². The van der Waals surface area contributed by atoms with Gasteiger partial charge < -0.3 is 4.74 Å². The Morgan fingerprint density at radius 2 is 1.94 bits per heavy atom. The average molecular weight is 260 g/mol. The van der Waals surface area contributed by atoms with Crippen LogP contribution < -0.4 is 0 Å². The molecule has 0 unspecified atom stereocenters. The highest BCUT2D eigenvalue weighted by molar-refractivity contribution is 8.00. The molecule has 0 saturated carbocycles. The first kappa shape index (κ1) is 13.6. The molecule has 0 aliphatic heterocycles. The molecule has 6 heteroatoms. The van der Waals surface area contributed by atoms with Crippen LogP contribution in [0.2, 0.25) is 0 Å². The Morgan fingerprint density at radius 1 is 1.24 bits per heavy atom. The summed E-state index contributed by atoms with van der Waals surface area (Å²) < 4.78 is 29.8. The number of Topliss-reactive ketones (excluding diaryl/α,β-unsaturated/α-hetero) is 1. The van der Waals surface area contributed by atoms with Crippen molar-refractivity contribution < 1.29 is 23.1 Å². The molecule has 0 radical (unpaired) electrons. The topological polar surface area (TPSA) is 43.4 Å². The van der Waals surface area contributed by atoms with Gasteiger partial charge in [0.05, 0.1) is 18.6 Å². The Morgan fingerprint density at radius 3 is 2.53 bits per heavy atom. The van der Waals surface area contributed by atoms with Crippen LogP contribution in [0.3, 0.4) is 0 Å². The predicted octanol–water partition coefficient (Wildman–Crippen LogP) is 2.05. The molecular formula is C11H10F2O3S. The molecule has 0 aromatic heterocycles. The van der Waals surface area contributed by atoms with E-state index in [0.29, 0.717) is 0 Å². The monoisotopic (exact) mass is 260 g/mol. The Bertz CT molecular complexity index is 435. The van der Waals surface area contributed by atoms with Gasteiger partial charge in [0, 0.05) is 5.56 Å². The van der Waals surface area contributed by atoms with Crippen molar-refractivity contribution in [3.8, 4) is 0 Å². The Kier molecular flexibility index (Phi) is 5.09. The van der Waals surface area contributed by atoms with E-state index >= 15 is 0 Å². The molecule has 0 atom stereocenters. The molecule has 0 fully saturated rings. The summed E-state index contributed by atoms with van der Waals surface area (Å²) in [6.45, 7) is 0. The fraction of sp³-hybridized carbons (Fsp3) is 0.273. The van der Waals surface area contributed by atoms with Crippen molar-refractivity contribution in [2.45, 2.75) is 0 Å². The quantitative estimate of drug-likeness (QED) is 0.600. The normalized spacial score (nSPS) is 10.1.